The highest BCUT2D eigenvalue weighted by molar-refractivity contribution is 6.07. The number of amides is 2. The van der Waals surface area contributed by atoms with Gasteiger partial charge >= 0.3 is 0 Å². The molecule has 3 N–H and O–H groups in total. The van der Waals surface area contributed by atoms with E-state index in [1.54, 1.807) is 55.7 Å². The molecule has 0 aliphatic rings. The van der Waals surface area contributed by atoms with Gasteiger partial charge in [-0.3, -0.25) is 14.6 Å². The molecule has 5 heteroatoms. The van der Waals surface area contributed by atoms with Crippen LogP contribution in [0.3, 0.4) is 0 Å². The number of nitrogens with one attached hydrogen (secondary N) is 1. The van der Waals surface area contributed by atoms with E-state index >= 15 is 0 Å². The van der Waals surface area contributed by atoms with E-state index in [4.69, 9.17) is 5.73 Å². The highest BCUT2D eigenvalue weighted by Gasteiger charge is 2.12. The summed E-state index contributed by atoms with van der Waals surface area (Å²) in [6, 6.07) is 8.73. The zero-order valence-corrected chi connectivity index (χ0v) is 11.5. The van der Waals surface area contributed by atoms with Crippen molar-refractivity contribution < 1.29 is 9.59 Å². The van der Waals surface area contributed by atoms with Crippen LogP contribution in [0.4, 0.5) is 5.69 Å². The van der Waals surface area contributed by atoms with E-state index in [-0.39, 0.29) is 5.91 Å². The Morgan fingerprint density at radius 1 is 1.19 bits per heavy atom. The maximum absolute atomic E-state index is 11.9. The number of anilines is 1. The largest absolute Gasteiger partial charge is 0.366 e. The first-order valence-corrected chi connectivity index (χ1v) is 6.36. The van der Waals surface area contributed by atoms with Gasteiger partial charge in [-0.1, -0.05) is 12.1 Å². The fourth-order valence-electron chi connectivity index (χ4n) is 1.92. The van der Waals surface area contributed by atoms with Crippen LogP contribution in [0.25, 0.3) is 6.08 Å². The quantitative estimate of drug-likeness (QED) is 0.842. The molecule has 106 valence electrons. The standard InChI is InChI=1S/C16H15N3O2/c1-11-3-2-4-13(15(11)16(17)21)19-14(20)6-5-12-7-9-18-10-8-12/h2-10H,1H3,(H2,17,21)(H,19,20)/b6-5-. The van der Waals surface area contributed by atoms with Gasteiger partial charge in [0.05, 0.1) is 11.3 Å². The van der Waals surface area contributed by atoms with Crippen LogP contribution in [0.5, 0.6) is 0 Å². The van der Waals surface area contributed by atoms with Crippen LogP contribution < -0.4 is 11.1 Å². The van der Waals surface area contributed by atoms with Gasteiger partial charge < -0.3 is 11.1 Å². The molecule has 0 saturated heterocycles. The lowest BCUT2D eigenvalue weighted by atomic mass is 10.1. The Morgan fingerprint density at radius 3 is 2.57 bits per heavy atom. The molecule has 0 aliphatic carbocycles. The number of rotatable bonds is 4. The van der Waals surface area contributed by atoms with E-state index in [1.807, 2.05) is 0 Å². The van der Waals surface area contributed by atoms with E-state index in [1.165, 1.54) is 6.08 Å². The molecule has 0 spiro atoms. The fraction of sp³-hybridized carbons (Fsp3) is 0.0625. The van der Waals surface area contributed by atoms with Gasteiger partial charge in [-0.2, -0.15) is 0 Å². The highest BCUT2D eigenvalue weighted by atomic mass is 16.2. The van der Waals surface area contributed by atoms with Gasteiger partial charge in [0.15, 0.2) is 0 Å². The molecule has 0 radical (unpaired) electrons. The second-order valence-corrected chi connectivity index (χ2v) is 4.46. The summed E-state index contributed by atoms with van der Waals surface area (Å²) in [5, 5.41) is 2.66. The number of nitrogens with two attached hydrogens (primary N) is 1. The van der Waals surface area contributed by atoms with E-state index in [0.717, 1.165) is 11.1 Å². The SMILES string of the molecule is Cc1cccc(NC(=O)/C=C\c2ccncc2)c1C(N)=O. The number of aromatic nitrogens is 1. The van der Waals surface area contributed by atoms with Gasteiger partial charge in [0.25, 0.3) is 5.91 Å². The molecular weight excluding hydrogens is 266 g/mol. The van der Waals surface area contributed by atoms with Gasteiger partial charge in [0, 0.05) is 18.5 Å². The first-order valence-electron chi connectivity index (χ1n) is 6.36. The summed E-state index contributed by atoms with van der Waals surface area (Å²) in [4.78, 5) is 27.3. The monoisotopic (exact) mass is 281 g/mol. The summed E-state index contributed by atoms with van der Waals surface area (Å²) in [6.45, 7) is 1.77. The Morgan fingerprint density at radius 2 is 1.90 bits per heavy atom. The second kappa shape index (κ2) is 6.47. The topological polar surface area (TPSA) is 85.1 Å². The minimum Gasteiger partial charge on any atom is -0.366 e. The van der Waals surface area contributed by atoms with Crippen LogP contribution >= 0.6 is 0 Å². The van der Waals surface area contributed by atoms with Crippen molar-refractivity contribution in [2.24, 2.45) is 5.73 Å². The van der Waals surface area contributed by atoms with Gasteiger partial charge in [-0.15, -0.1) is 0 Å². The van der Waals surface area contributed by atoms with Crippen LogP contribution in [0.1, 0.15) is 21.5 Å². The summed E-state index contributed by atoms with van der Waals surface area (Å²) in [6.07, 6.45) is 6.34. The molecule has 0 fully saturated rings. The average Bonchev–Trinajstić information content (AvgIpc) is 2.46. The zero-order valence-electron chi connectivity index (χ0n) is 11.5. The minimum absolute atomic E-state index is 0.322. The first kappa shape index (κ1) is 14.5. The molecule has 2 rings (SSSR count). The maximum Gasteiger partial charge on any atom is 0.251 e. The van der Waals surface area contributed by atoms with Crippen molar-refractivity contribution in [3.05, 3.63) is 65.5 Å². The molecule has 2 aromatic rings. The van der Waals surface area contributed by atoms with Crippen molar-refractivity contribution in [3.8, 4) is 0 Å². The molecular formula is C16H15N3O2. The lowest BCUT2D eigenvalue weighted by molar-refractivity contribution is -0.111. The number of hydrogen-bond donors (Lipinski definition) is 2. The fourth-order valence-corrected chi connectivity index (χ4v) is 1.92. The second-order valence-electron chi connectivity index (χ2n) is 4.46. The van der Waals surface area contributed by atoms with E-state index < -0.39 is 5.91 Å². The number of hydrogen-bond acceptors (Lipinski definition) is 3. The summed E-state index contributed by atoms with van der Waals surface area (Å²) >= 11 is 0. The Kier molecular flexibility index (Phi) is 4.46. The third-order valence-electron chi connectivity index (χ3n) is 2.91. The Hall–Kier alpha value is -2.95. The minimum atomic E-state index is -0.568. The molecule has 0 bridgehead atoms. The molecule has 0 aliphatic heterocycles. The molecule has 1 heterocycles. The van der Waals surface area contributed by atoms with E-state index in [2.05, 4.69) is 10.3 Å². The van der Waals surface area contributed by atoms with E-state index in [0.29, 0.717) is 11.3 Å². The molecule has 2 amide bonds. The number of benzene rings is 1. The Labute approximate surface area is 122 Å². The number of aryl methyl sites for hydroxylation is 1. The molecule has 5 nitrogen and oxygen atoms in total. The normalized spacial score (nSPS) is 10.5. The van der Waals surface area contributed by atoms with Crippen molar-refractivity contribution in [1.29, 1.82) is 0 Å². The van der Waals surface area contributed by atoms with Crippen molar-refractivity contribution in [1.82, 2.24) is 4.98 Å². The predicted molar refractivity (Wildman–Crippen MR) is 81.6 cm³/mol. The average molecular weight is 281 g/mol. The lowest BCUT2D eigenvalue weighted by Gasteiger charge is -2.09. The van der Waals surface area contributed by atoms with Crippen LogP contribution in [0, 0.1) is 6.92 Å². The van der Waals surface area contributed by atoms with Crippen molar-refractivity contribution in [3.63, 3.8) is 0 Å². The molecule has 21 heavy (non-hydrogen) atoms. The predicted octanol–water partition coefficient (Wildman–Crippen LogP) is 2.14. The molecule has 1 aromatic heterocycles. The molecule has 0 unspecified atom stereocenters. The van der Waals surface area contributed by atoms with Crippen LogP contribution in [-0.2, 0) is 4.79 Å². The molecule has 0 saturated carbocycles. The van der Waals surface area contributed by atoms with Crippen LogP contribution in [0.2, 0.25) is 0 Å². The third-order valence-corrected chi connectivity index (χ3v) is 2.91. The summed E-state index contributed by atoms with van der Waals surface area (Å²) in [5.74, 6) is -0.901. The van der Waals surface area contributed by atoms with Crippen LogP contribution in [0.15, 0.2) is 48.8 Å². The zero-order chi connectivity index (χ0) is 15.2. The maximum atomic E-state index is 11.9. The van der Waals surface area contributed by atoms with Crippen LogP contribution in [-0.4, -0.2) is 16.8 Å². The van der Waals surface area contributed by atoms with Crippen molar-refractivity contribution in [2.45, 2.75) is 6.92 Å². The highest BCUT2D eigenvalue weighted by Crippen LogP contribution is 2.19. The van der Waals surface area contributed by atoms with Crippen molar-refractivity contribution in [2.75, 3.05) is 5.32 Å². The first-order chi connectivity index (χ1) is 10.1. The number of carbonyl (C=O) groups is 2. The number of pyridine rings is 1. The van der Waals surface area contributed by atoms with Gasteiger partial charge in [-0.25, -0.2) is 0 Å². The van der Waals surface area contributed by atoms with Gasteiger partial charge in [0.1, 0.15) is 0 Å². The Balaban J connectivity index is 2.15. The summed E-state index contributed by atoms with van der Waals surface area (Å²) in [5.41, 5.74) is 7.65. The third kappa shape index (κ3) is 3.76. The number of nitrogens with zero attached hydrogens (tertiary/aromatic N) is 1. The summed E-state index contributed by atoms with van der Waals surface area (Å²) < 4.78 is 0. The van der Waals surface area contributed by atoms with Crippen molar-refractivity contribution >= 4 is 23.6 Å². The van der Waals surface area contributed by atoms with E-state index in [9.17, 15) is 9.59 Å². The number of primary amides is 1. The van der Waals surface area contributed by atoms with Gasteiger partial charge in [0.2, 0.25) is 5.91 Å². The molecule has 0 atom stereocenters. The smallest absolute Gasteiger partial charge is 0.251 e. The number of carbonyl (C=O) groups excluding carboxylic acids is 2. The summed E-state index contributed by atoms with van der Waals surface area (Å²) in [7, 11) is 0. The molecule has 1 aromatic carbocycles. The lowest BCUT2D eigenvalue weighted by Crippen LogP contribution is -2.18. The Bertz CT molecular complexity index is 694. The van der Waals surface area contributed by atoms with Gasteiger partial charge in [-0.05, 0) is 42.3 Å².